The van der Waals surface area contributed by atoms with Crippen molar-refractivity contribution in [1.82, 2.24) is 9.80 Å². The fraction of sp³-hybridized carbons (Fsp3) is 0.286. The summed E-state index contributed by atoms with van der Waals surface area (Å²) in [6, 6.07) is 13.9. The minimum Gasteiger partial charge on any atom is -0.495 e. The van der Waals surface area contributed by atoms with E-state index in [0.29, 0.717) is 29.1 Å². The maximum absolute atomic E-state index is 12.6. The van der Waals surface area contributed by atoms with Crippen LogP contribution >= 0.6 is 0 Å². The van der Waals surface area contributed by atoms with Gasteiger partial charge >= 0.3 is 0 Å². The predicted molar refractivity (Wildman–Crippen MR) is 105 cm³/mol. The van der Waals surface area contributed by atoms with E-state index >= 15 is 0 Å². The van der Waals surface area contributed by atoms with Crippen molar-refractivity contribution in [3.63, 3.8) is 0 Å². The van der Waals surface area contributed by atoms with Crippen LogP contribution in [0.2, 0.25) is 0 Å². The number of benzene rings is 2. The van der Waals surface area contributed by atoms with Gasteiger partial charge in [-0.2, -0.15) is 0 Å². The van der Waals surface area contributed by atoms with Gasteiger partial charge in [0.2, 0.25) is 5.91 Å². The zero-order valence-electron chi connectivity index (χ0n) is 16.0. The molecule has 0 aromatic heterocycles. The van der Waals surface area contributed by atoms with Crippen molar-refractivity contribution in [2.75, 3.05) is 32.2 Å². The largest absolute Gasteiger partial charge is 0.495 e. The Balaban J connectivity index is 1.68. The molecular formula is C21H23N3O4. The number of fused-ring (bicyclic) bond motifs is 1. The van der Waals surface area contributed by atoms with Crippen LogP contribution in [-0.2, 0) is 4.79 Å². The number of hydrogen-bond acceptors (Lipinski definition) is 5. The number of carbonyl (C=O) groups excluding carboxylic acids is 3. The number of methoxy groups -OCH3 is 1. The minimum absolute atomic E-state index is 0.0549. The van der Waals surface area contributed by atoms with Gasteiger partial charge in [-0.05, 0) is 30.7 Å². The molecule has 7 nitrogen and oxygen atoms in total. The molecule has 0 saturated heterocycles. The van der Waals surface area contributed by atoms with Gasteiger partial charge in [-0.25, -0.2) is 0 Å². The zero-order valence-corrected chi connectivity index (χ0v) is 16.0. The molecule has 146 valence electrons. The smallest absolute Gasteiger partial charge is 0.262 e. The number of rotatable bonds is 8. The first-order valence-electron chi connectivity index (χ1n) is 9.15. The van der Waals surface area contributed by atoms with Gasteiger partial charge in [0.15, 0.2) is 0 Å². The molecule has 3 rings (SSSR count). The molecule has 7 heteroatoms. The van der Waals surface area contributed by atoms with E-state index in [4.69, 9.17) is 4.74 Å². The summed E-state index contributed by atoms with van der Waals surface area (Å²) in [5.74, 6) is -0.327. The SMILES string of the molecule is CCCN(CC(=O)Nc1ccccc1OC)CN1C(=O)c2ccccc2C1=O. The van der Waals surface area contributed by atoms with Crippen LogP contribution in [0.3, 0.4) is 0 Å². The van der Waals surface area contributed by atoms with Crippen molar-refractivity contribution < 1.29 is 19.1 Å². The molecule has 0 fully saturated rings. The molecule has 0 aliphatic carbocycles. The molecule has 1 aliphatic heterocycles. The molecule has 2 aromatic carbocycles. The van der Waals surface area contributed by atoms with Crippen LogP contribution in [0.25, 0.3) is 0 Å². The Morgan fingerprint density at radius 1 is 1.04 bits per heavy atom. The Hall–Kier alpha value is -3.19. The molecular weight excluding hydrogens is 358 g/mol. The number of para-hydroxylation sites is 2. The van der Waals surface area contributed by atoms with Gasteiger partial charge < -0.3 is 10.1 Å². The fourth-order valence-corrected chi connectivity index (χ4v) is 3.22. The van der Waals surface area contributed by atoms with Crippen molar-refractivity contribution >= 4 is 23.4 Å². The first-order chi connectivity index (χ1) is 13.5. The highest BCUT2D eigenvalue weighted by atomic mass is 16.5. The van der Waals surface area contributed by atoms with E-state index in [1.54, 1.807) is 47.4 Å². The van der Waals surface area contributed by atoms with Crippen LogP contribution < -0.4 is 10.1 Å². The number of carbonyl (C=O) groups is 3. The first kappa shape index (κ1) is 19.6. The van der Waals surface area contributed by atoms with Crippen molar-refractivity contribution in [3.8, 4) is 5.75 Å². The number of amides is 3. The highest BCUT2D eigenvalue weighted by Gasteiger charge is 2.36. The zero-order chi connectivity index (χ0) is 20.1. The number of nitrogens with zero attached hydrogens (tertiary/aromatic N) is 2. The summed E-state index contributed by atoms with van der Waals surface area (Å²) < 4.78 is 5.24. The van der Waals surface area contributed by atoms with Gasteiger partial charge in [0.25, 0.3) is 11.8 Å². The van der Waals surface area contributed by atoms with E-state index in [1.807, 2.05) is 13.0 Å². The second-order valence-corrected chi connectivity index (χ2v) is 6.53. The second kappa shape index (κ2) is 8.67. The van der Waals surface area contributed by atoms with Crippen LogP contribution in [-0.4, -0.2) is 54.4 Å². The molecule has 3 amide bonds. The Morgan fingerprint density at radius 3 is 2.25 bits per heavy atom. The number of hydrogen-bond donors (Lipinski definition) is 1. The summed E-state index contributed by atoms with van der Waals surface area (Å²) in [5.41, 5.74) is 1.39. The lowest BCUT2D eigenvalue weighted by Gasteiger charge is -2.26. The third-order valence-electron chi connectivity index (χ3n) is 4.51. The summed E-state index contributed by atoms with van der Waals surface area (Å²) in [4.78, 5) is 40.6. The van der Waals surface area contributed by atoms with Crippen LogP contribution in [0.15, 0.2) is 48.5 Å². The molecule has 0 unspecified atom stereocenters. The average Bonchev–Trinajstić information content (AvgIpc) is 2.94. The maximum atomic E-state index is 12.6. The summed E-state index contributed by atoms with van der Waals surface area (Å²) >= 11 is 0. The second-order valence-electron chi connectivity index (χ2n) is 6.53. The third-order valence-corrected chi connectivity index (χ3v) is 4.51. The minimum atomic E-state index is -0.327. The number of imide groups is 1. The van der Waals surface area contributed by atoms with Gasteiger partial charge in [-0.15, -0.1) is 0 Å². The Kier molecular flexibility index (Phi) is 6.06. The quantitative estimate of drug-likeness (QED) is 0.711. The van der Waals surface area contributed by atoms with Gasteiger partial charge in [0.05, 0.1) is 37.1 Å². The average molecular weight is 381 g/mol. The van der Waals surface area contributed by atoms with E-state index < -0.39 is 0 Å². The van der Waals surface area contributed by atoms with Crippen LogP contribution in [0.4, 0.5) is 5.69 Å². The number of nitrogens with one attached hydrogen (secondary N) is 1. The van der Waals surface area contributed by atoms with E-state index in [-0.39, 0.29) is 30.9 Å². The molecule has 1 aliphatic rings. The van der Waals surface area contributed by atoms with Gasteiger partial charge in [0.1, 0.15) is 5.75 Å². The van der Waals surface area contributed by atoms with Crippen molar-refractivity contribution in [3.05, 3.63) is 59.7 Å². The maximum Gasteiger partial charge on any atom is 0.262 e. The lowest BCUT2D eigenvalue weighted by molar-refractivity contribution is -0.117. The summed E-state index contributed by atoms with van der Waals surface area (Å²) in [6.07, 6.45) is 0.783. The van der Waals surface area contributed by atoms with Crippen LogP contribution in [0.5, 0.6) is 5.75 Å². The Bertz CT molecular complexity index is 862. The standard InChI is InChI=1S/C21H23N3O4/c1-3-12-23(13-19(25)22-17-10-6-7-11-18(17)28-2)14-24-20(26)15-8-4-5-9-16(15)21(24)27/h4-11H,3,12-14H2,1-2H3,(H,22,25). The number of anilines is 1. The van der Waals surface area contributed by atoms with Crippen LogP contribution in [0, 0.1) is 0 Å². The van der Waals surface area contributed by atoms with E-state index in [2.05, 4.69) is 5.32 Å². The summed E-state index contributed by atoms with van der Waals surface area (Å²) in [7, 11) is 1.54. The van der Waals surface area contributed by atoms with E-state index in [1.165, 1.54) is 12.0 Å². The van der Waals surface area contributed by atoms with E-state index in [9.17, 15) is 14.4 Å². The van der Waals surface area contributed by atoms with Crippen LogP contribution in [0.1, 0.15) is 34.1 Å². The van der Waals surface area contributed by atoms with E-state index in [0.717, 1.165) is 6.42 Å². The van der Waals surface area contributed by atoms with Gasteiger partial charge in [-0.1, -0.05) is 31.2 Å². The van der Waals surface area contributed by atoms with Crippen molar-refractivity contribution in [2.45, 2.75) is 13.3 Å². The number of ether oxygens (including phenoxy) is 1. The monoisotopic (exact) mass is 381 g/mol. The normalized spacial score (nSPS) is 13.0. The first-order valence-corrected chi connectivity index (χ1v) is 9.15. The molecule has 1 heterocycles. The predicted octanol–water partition coefficient (Wildman–Crippen LogP) is 2.60. The summed E-state index contributed by atoms with van der Waals surface area (Å²) in [5, 5.41) is 2.82. The molecule has 0 radical (unpaired) electrons. The Labute approximate surface area is 163 Å². The molecule has 0 atom stereocenters. The molecule has 0 spiro atoms. The lowest BCUT2D eigenvalue weighted by atomic mass is 10.1. The van der Waals surface area contributed by atoms with Crippen molar-refractivity contribution in [1.29, 1.82) is 0 Å². The highest BCUT2D eigenvalue weighted by Crippen LogP contribution is 2.24. The van der Waals surface area contributed by atoms with Gasteiger partial charge in [0, 0.05) is 6.54 Å². The lowest BCUT2D eigenvalue weighted by Crippen LogP contribution is -2.44. The molecule has 2 aromatic rings. The Morgan fingerprint density at radius 2 is 1.64 bits per heavy atom. The fourth-order valence-electron chi connectivity index (χ4n) is 3.22. The molecule has 28 heavy (non-hydrogen) atoms. The molecule has 0 bridgehead atoms. The molecule has 1 N–H and O–H groups in total. The summed E-state index contributed by atoms with van der Waals surface area (Å²) in [6.45, 7) is 2.68. The third kappa shape index (κ3) is 4.04. The van der Waals surface area contributed by atoms with Crippen molar-refractivity contribution in [2.24, 2.45) is 0 Å². The van der Waals surface area contributed by atoms with Gasteiger partial charge in [-0.3, -0.25) is 24.2 Å². The topological polar surface area (TPSA) is 79.0 Å². The molecule has 0 saturated carbocycles. The highest BCUT2D eigenvalue weighted by molar-refractivity contribution is 6.21.